The van der Waals surface area contributed by atoms with Gasteiger partial charge < -0.3 is 0 Å². The van der Waals surface area contributed by atoms with Gasteiger partial charge in [-0.05, 0) is 30.7 Å². The van der Waals surface area contributed by atoms with Crippen molar-refractivity contribution >= 4 is 23.4 Å². The van der Waals surface area contributed by atoms with Gasteiger partial charge in [0, 0.05) is 30.1 Å². The summed E-state index contributed by atoms with van der Waals surface area (Å²) in [6.07, 6.45) is 6.39. The number of nitrogens with zero attached hydrogens (tertiary/aromatic N) is 3. The smallest absolute Gasteiger partial charge is 0.267 e. The van der Waals surface area contributed by atoms with Crippen LogP contribution in [0.5, 0.6) is 0 Å². The van der Waals surface area contributed by atoms with Gasteiger partial charge in [-0.1, -0.05) is 18.2 Å². The van der Waals surface area contributed by atoms with E-state index in [0.29, 0.717) is 16.8 Å². The van der Waals surface area contributed by atoms with Gasteiger partial charge in [0.2, 0.25) is 0 Å². The van der Waals surface area contributed by atoms with Gasteiger partial charge in [0.25, 0.3) is 11.6 Å². The van der Waals surface area contributed by atoms with E-state index >= 15 is 0 Å². The molecule has 0 aliphatic heterocycles. The van der Waals surface area contributed by atoms with E-state index in [0.717, 1.165) is 0 Å². The summed E-state index contributed by atoms with van der Waals surface area (Å²) in [6, 6.07) is 9.40. The van der Waals surface area contributed by atoms with Crippen molar-refractivity contribution in [3.8, 4) is 0 Å². The molecule has 1 N–H and O–H groups in total. The molecule has 23 heavy (non-hydrogen) atoms. The Morgan fingerprint density at radius 1 is 1.30 bits per heavy atom. The van der Waals surface area contributed by atoms with Gasteiger partial charge in [0.05, 0.1) is 10.6 Å². The molecule has 116 valence electrons. The lowest BCUT2D eigenvalue weighted by atomic mass is 10.2. The third-order valence-corrected chi connectivity index (χ3v) is 2.87. The topological polar surface area (TPSA) is 97.5 Å². The molecule has 7 heteroatoms. The third-order valence-electron chi connectivity index (χ3n) is 2.87. The summed E-state index contributed by atoms with van der Waals surface area (Å²) in [6.45, 7) is 1.71. The Kier molecular flexibility index (Phi) is 5.30. The van der Waals surface area contributed by atoms with Gasteiger partial charge in [-0.2, -0.15) is 5.10 Å². The fraction of sp³-hybridized carbons (Fsp3) is 0.0625. The van der Waals surface area contributed by atoms with Gasteiger partial charge in [0.15, 0.2) is 0 Å². The average molecular weight is 310 g/mol. The normalized spacial score (nSPS) is 11.4. The predicted octanol–water partition coefficient (Wildman–Crippen LogP) is 2.81. The van der Waals surface area contributed by atoms with E-state index in [-0.39, 0.29) is 11.6 Å². The van der Waals surface area contributed by atoms with Crippen molar-refractivity contribution in [3.63, 3.8) is 0 Å². The van der Waals surface area contributed by atoms with Crippen molar-refractivity contribution in [1.29, 1.82) is 0 Å². The molecule has 0 fully saturated rings. The van der Waals surface area contributed by atoms with Crippen LogP contribution in [0.15, 0.2) is 60.0 Å². The zero-order valence-electron chi connectivity index (χ0n) is 12.3. The van der Waals surface area contributed by atoms with Crippen LogP contribution in [-0.4, -0.2) is 21.5 Å². The molecule has 0 unspecified atom stereocenters. The summed E-state index contributed by atoms with van der Waals surface area (Å²) in [4.78, 5) is 25.9. The zero-order chi connectivity index (χ0) is 16.7. The standard InChI is InChI=1S/C16H14N4O3/c1-12(18-19-16(21)14-7-9-17-10-8-14)5-6-13-3-2-4-15(11-13)20(22)23/h2-11H,1H3,(H,19,21)/b6-5?,18-12-. The first-order valence-corrected chi connectivity index (χ1v) is 6.73. The van der Waals surface area contributed by atoms with Crippen LogP contribution in [0.1, 0.15) is 22.8 Å². The van der Waals surface area contributed by atoms with Crippen LogP contribution in [0.2, 0.25) is 0 Å². The summed E-state index contributed by atoms with van der Waals surface area (Å²) < 4.78 is 0. The minimum Gasteiger partial charge on any atom is -0.267 e. The Bertz CT molecular complexity index is 770. The molecule has 1 amide bonds. The average Bonchev–Trinajstić information content (AvgIpc) is 2.58. The molecule has 2 aromatic rings. The highest BCUT2D eigenvalue weighted by molar-refractivity contribution is 5.99. The van der Waals surface area contributed by atoms with E-state index in [1.807, 2.05) is 0 Å². The highest BCUT2D eigenvalue weighted by Gasteiger charge is 2.04. The van der Waals surface area contributed by atoms with Crippen LogP contribution in [0.25, 0.3) is 6.08 Å². The summed E-state index contributed by atoms with van der Waals surface area (Å²) in [5.41, 5.74) is 4.13. The quantitative estimate of drug-likeness (QED) is 0.521. The summed E-state index contributed by atoms with van der Waals surface area (Å²) >= 11 is 0. The van der Waals surface area contributed by atoms with Crippen molar-refractivity contribution in [2.24, 2.45) is 5.10 Å². The third kappa shape index (κ3) is 4.85. The molecule has 0 radical (unpaired) electrons. The maximum Gasteiger partial charge on any atom is 0.271 e. The fourth-order valence-electron chi connectivity index (χ4n) is 1.70. The SMILES string of the molecule is C/C(C=Cc1cccc([N+](=O)[O-])c1)=N/NC(=O)c1ccncc1. The van der Waals surface area contributed by atoms with Crippen LogP contribution in [0.4, 0.5) is 5.69 Å². The molecular formula is C16H14N4O3. The molecule has 2 rings (SSSR count). The highest BCUT2D eigenvalue weighted by atomic mass is 16.6. The largest absolute Gasteiger partial charge is 0.271 e. The molecule has 1 aromatic carbocycles. The molecule has 0 spiro atoms. The maximum absolute atomic E-state index is 11.8. The summed E-state index contributed by atoms with van der Waals surface area (Å²) in [5, 5.41) is 14.7. The van der Waals surface area contributed by atoms with Crippen molar-refractivity contribution in [1.82, 2.24) is 10.4 Å². The number of nitrogens with one attached hydrogen (secondary N) is 1. The Hall–Kier alpha value is -3.35. The zero-order valence-corrected chi connectivity index (χ0v) is 12.3. The number of carbonyl (C=O) groups excluding carboxylic acids is 1. The van der Waals surface area contributed by atoms with Gasteiger partial charge >= 0.3 is 0 Å². The second-order valence-corrected chi connectivity index (χ2v) is 4.62. The number of non-ortho nitro benzene ring substituents is 1. The Labute approximate surface area is 132 Å². The molecule has 1 aromatic heterocycles. The van der Waals surface area contributed by atoms with Crippen LogP contribution in [0.3, 0.4) is 0 Å². The number of benzene rings is 1. The number of hydrogen-bond acceptors (Lipinski definition) is 5. The van der Waals surface area contributed by atoms with Crippen LogP contribution < -0.4 is 5.43 Å². The number of allylic oxidation sites excluding steroid dienone is 1. The number of aromatic nitrogens is 1. The minimum absolute atomic E-state index is 0.0210. The molecular weight excluding hydrogens is 296 g/mol. The Morgan fingerprint density at radius 3 is 2.74 bits per heavy atom. The van der Waals surface area contributed by atoms with E-state index in [4.69, 9.17) is 0 Å². The van der Waals surface area contributed by atoms with Crippen LogP contribution >= 0.6 is 0 Å². The number of pyridine rings is 1. The predicted molar refractivity (Wildman–Crippen MR) is 86.9 cm³/mol. The second kappa shape index (κ2) is 7.60. The first kappa shape index (κ1) is 16.0. The van der Waals surface area contributed by atoms with E-state index in [1.165, 1.54) is 24.5 Å². The summed E-state index contributed by atoms with van der Waals surface area (Å²) in [7, 11) is 0. The number of carbonyl (C=O) groups is 1. The molecule has 0 saturated carbocycles. The van der Waals surface area contributed by atoms with Crippen molar-refractivity contribution in [2.45, 2.75) is 6.92 Å². The lowest BCUT2D eigenvalue weighted by Gasteiger charge is -1.99. The molecule has 0 saturated heterocycles. The lowest BCUT2D eigenvalue weighted by molar-refractivity contribution is -0.384. The first-order valence-electron chi connectivity index (χ1n) is 6.73. The first-order chi connectivity index (χ1) is 11.1. The van der Waals surface area contributed by atoms with Gasteiger partial charge in [-0.3, -0.25) is 19.9 Å². The van der Waals surface area contributed by atoms with Crippen LogP contribution in [0, 0.1) is 10.1 Å². The maximum atomic E-state index is 11.8. The molecule has 0 aliphatic carbocycles. The number of hydrogen-bond donors (Lipinski definition) is 1. The Morgan fingerprint density at radius 2 is 2.04 bits per heavy atom. The lowest BCUT2D eigenvalue weighted by Crippen LogP contribution is -2.18. The van der Waals surface area contributed by atoms with Gasteiger partial charge in [0.1, 0.15) is 0 Å². The molecule has 0 atom stereocenters. The minimum atomic E-state index is -0.451. The second-order valence-electron chi connectivity index (χ2n) is 4.62. The molecule has 0 bridgehead atoms. The van der Waals surface area contributed by atoms with Gasteiger partial charge in [-0.25, -0.2) is 5.43 Å². The highest BCUT2D eigenvalue weighted by Crippen LogP contribution is 2.14. The number of rotatable bonds is 5. The van der Waals surface area contributed by atoms with E-state index in [2.05, 4.69) is 15.5 Å². The monoisotopic (exact) mass is 310 g/mol. The number of hydrazone groups is 1. The van der Waals surface area contributed by atoms with E-state index in [9.17, 15) is 14.9 Å². The Balaban J connectivity index is 2.00. The molecule has 7 nitrogen and oxygen atoms in total. The number of nitro groups is 1. The van der Waals surface area contributed by atoms with Crippen molar-refractivity contribution in [2.75, 3.05) is 0 Å². The number of nitro benzene ring substituents is 1. The van der Waals surface area contributed by atoms with E-state index in [1.54, 1.807) is 43.3 Å². The summed E-state index contributed by atoms with van der Waals surface area (Å²) in [5.74, 6) is -0.338. The van der Waals surface area contributed by atoms with Crippen LogP contribution in [-0.2, 0) is 0 Å². The van der Waals surface area contributed by atoms with Gasteiger partial charge in [-0.15, -0.1) is 0 Å². The van der Waals surface area contributed by atoms with E-state index < -0.39 is 4.92 Å². The molecule has 0 aliphatic rings. The number of amides is 1. The van der Waals surface area contributed by atoms with Crippen molar-refractivity contribution in [3.05, 3.63) is 76.1 Å². The molecule has 1 heterocycles. The van der Waals surface area contributed by atoms with Crippen molar-refractivity contribution < 1.29 is 9.72 Å². The fourth-order valence-corrected chi connectivity index (χ4v) is 1.70.